The molecule has 1 unspecified atom stereocenters. The minimum absolute atomic E-state index is 0.0436. The Labute approximate surface area is 169 Å². The Morgan fingerprint density at radius 1 is 1.07 bits per heavy atom. The summed E-state index contributed by atoms with van der Waals surface area (Å²) in [6.07, 6.45) is 2.17. The number of nitrogens with zero attached hydrogens (tertiary/aromatic N) is 1. The molecule has 9 heteroatoms. The van der Waals surface area contributed by atoms with Gasteiger partial charge in [0.2, 0.25) is 0 Å². The molecule has 4 N–H and O–H groups in total. The van der Waals surface area contributed by atoms with Crippen molar-refractivity contribution in [3.8, 4) is 5.75 Å². The van der Waals surface area contributed by atoms with Crippen LogP contribution in [0.5, 0.6) is 5.75 Å². The molecule has 0 amide bonds. The van der Waals surface area contributed by atoms with Gasteiger partial charge in [-0.05, 0) is 12.1 Å². The van der Waals surface area contributed by atoms with E-state index in [1.54, 1.807) is 0 Å². The fourth-order valence-electron chi connectivity index (χ4n) is 3.73. The van der Waals surface area contributed by atoms with E-state index in [9.17, 15) is 35.0 Å². The van der Waals surface area contributed by atoms with Crippen LogP contribution in [-0.2, 0) is 0 Å². The molecule has 0 aromatic heterocycles. The van der Waals surface area contributed by atoms with Gasteiger partial charge in [0.05, 0.1) is 28.2 Å². The summed E-state index contributed by atoms with van der Waals surface area (Å²) < 4.78 is 0. The van der Waals surface area contributed by atoms with E-state index in [4.69, 9.17) is 0 Å². The number of hydrogen-bond donors (Lipinski definition) is 4. The lowest BCUT2D eigenvalue weighted by Gasteiger charge is -2.30. The maximum atomic E-state index is 13.1. The summed E-state index contributed by atoms with van der Waals surface area (Å²) in [6, 6.07) is 8.64. The summed E-state index contributed by atoms with van der Waals surface area (Å²) in [5.74, 6) is -1.40. The summed E-state index contributed by atoms with van der Waals surface area (Å²) in [6.45, 7) is -0.563. The lowest BCUT2D eigenvalue weighted by atomic mass is 9.82. The first-order valence-electron chi connectivity index (χ1n) is 8.98. The third-order valence-electron chi connectivity index (χ3n) is 5.13. The molecule has 0 spiro atoms. The Bertz CT molecular complexity index is 1180. The predicted molar refractivity (Wildman–Crippen MR) is 105 cm³/mol. The van der Waals surface area contributed by atoms with Crippen LogP contribution in [0, 0.1) is 10.1 Å². The SMILES string of the molecule is O=C1c2cccc(O)c2C(=O)c2c(NC3(O)C=C([N+](=O)[O-])C(CO)=CC3)cccc21. The van der Waals surface area contributed by atoms with Crippen molar-refractivity contribution >= 4 is 17.3 Å². The van der Waals surface area contributed by atoms with Crippen LogP contribution in [0.4, 0.5) is 5.69 Å². The number of ketones is 2. The lowest BCUT2D eigenvalue weighted by molar-refractivity contribution is -0.422. The number of phenolic OH excluding ortho intramolecular Hbond substituents is 1. The Kier molecular flexibility index (Phi) is 4.49. The smallest absolute Gasteiger partial charge is 0.275 e. The van der Waals surface area contributed by atoms with Crippen molar-refractivity contribution in [2.24, 2.45) is 0 Å². The summed E-state index contributed by atoms with van der Waals surface area (Å²) in [7, 11) is 0. The molecule has 0 fully saturated rings. The molecule has 0 radical (unpaired) electrons. The van der Waals surface area contributed by atoms with Gasteiger partial charge < -0.3 is 20.6 Å². The Balaban J connectivity index is 1.80. The van der Waals surface area contributed by atoms with Gasteiger partial charge in [-0.3, -0.25) is 19.7 Å². The van der Waals surface area contributed by atoms with Crippen LogP contribution < -0.4 is 5.32 Å². The molecule has 0 heterocycles. The largest absolute Gasteiger partial charge is 0.507 e. The first kappa shape index (κ1) is 19.5. The van der Waals surface area contributed by atoms with E-state index in [2.05, 4.69) is 5.32 Å². The Hall–Kier alpha value is -3.82. The van der Waals surface area contributed by atoms with Gasteiger partial charge in [-0.1, -0.05) is 30.3 Å². The van der Waals surface area contributed by atoms with Crippen molar-refractivity contribution < 1.29 is 29.8 Å². The topological polar surface area (TPSA) is 150 Å². The normalized spacial score (nSPS) is 20.1. The van der Waals surface area contributed by atoms with E-state index in [1.807, 2.05) is 0 Å². The number of carbonyl (C=O) groups excluding carboxylic acids is 2. The molecule has 152 valence electrons. The molecular weight excluding hydrogens is 392 g/mol. The molecule has 2 aliphatic rings. The minimum Gasteiger partial charge on any atom is -0.507 e. The van der Waals surface area contributed by atoms with E-state index < -0.39 is 34.5 Å². The fourth-order valence-corrected chi connectivity index (χ4v) is 3.73. The number of hydrogen-bond acceptors (Lipinski definition) is 8. The van der Waals surface area contributed by atoms with E-state index in [1.165, 1.54) is 42.5 Å². The molecule has 30 heavy (non-hydrogen) atoms. The van der Waals surface area contributed by atoms with Crippen LogP contribution in [0.2, 0.25) is 0 Å². The monoisotopic (exact) mass is 408 g/mol. The van der Waals surface area contributed by atoms with Crippen molar-refractivity contribution in [2.45, 2.75) is 12.1 Å². The van der Waals surface area contributed by atoms with Gasteiger partial charge >= 0.3 is 0 Å². The zero-order chi connectivity index (χ0) is 21.6. The molecule has 2 aromatic rings. The third kappa shape index (κ3) is 2.97. The summed E-state index contributed by atoms with van der Waals surface area (Å²) >= 11 is 0. The number of phenols is 1. The quantitative estimate of drug-likeness (QED) is 0.290. The van der Waals surface area contributed by atoms with E-state index >= 15 is 0 Å². The standard InChI is InChI=1S/C21H16N2O7/c24-10-11-7-8-21(28,9-15(11)23(29)30)22-14-5-1-3-12-17(14)20(27)18-13(19(12)26)4-2-6-16(18)25/h1-7,9,22,24-25,28H,8,10H2. The number of carbonyl (C=O) groups is 2. The van der Waals surface area contributed by atoms with Gasteiger partial charge in [0.25, 0.3) is 5.70 Å². The number of benzene rings is 2. The van der Waals surface area contributed by atoms with Crippen molar-refractivity contribution in [3.05, 3.63) is 92.2 Å². The van der Waals surface area contributed by atoms with Gasteiger partial charge in [0.1, 0.15) is 5.75 Å². The van der Waals surface area contributed by atoms with Gasteiger partial charge in [0, 0.05) is 29.3 Å². The molecule has 4 rings (SSSR count). The molecule has 9 nitrogen and oxygen atoms in total. The number of aliphatic hydroxyl groups is 2. The number of anilines is 1. The van der Waals surface area contributed by atoms with E-state index in [0.29, 0.717) is 0 Å². The molecule has 2 aliphatic carbocycles. The molecule has 0 bridgehead atoms. The van der Waals surface area contributed by atoms with Crippen molar-refractivity contribution in [1.29, 1.82) is 0 Å². The Morgan fingerprint density at radius 3 is 2.40 bits per heavy atom. The van der Waals surface area contributed by atoms with Crippen molar-refractivity contribution in [1.82, 2.24) is 0 Å². The highest BCUT2D eigenvalue weighted by atomic mass is 16.6. The highest BCUT2D eigenvalue weighted by Crippen LogP contribution is 2.37. The average Bonchev–Trinajstić information content (AvgIpc) is 2.71. The zero-order valence-corrected chi connectivity index (χ0v) is 15.5. The second-order valence-corrected chi connectivity index (χ2v) is 7.01. The van der Waals surface area contributed by atoms with Crippen LogP contribution >= 0.6 is 0 Å². The van der Waals surface area contributed by atoms with Gasteiger partial charge in [-0.25, -0.2) is 0 Å². The van der Waals surface area contributed by atoms with Crippen molar-refractivity contribution in [3.63, 3.8) is 0 Å². The second-order valence-electron chi connectivity index (χ2n) is 7.01. The number of rotatable bonds is 4. The first-order chi connectivity index (χ1) is 14.3. The van der Waals surface area contributed by atoms with Crippen LogP contribution in [0.15, 0.2) is 59.8 Å². The van der Waals surface area contributed by atoms with Gasteiger partial charge in [0.15, 0.2) is 17.3 Å². The highest BCUT2D eigenvalue weighted by Gasteiger charge is 2.38. The molecular formula is C21H16N2O7. The molecule has 0 saturated heterocycles. The van der Waals surface area contributed by atoms with Crippen LogP contribution in [0.25, 0.3) is 0 Å². The molecule has 1 atom stereocenters. The van der Waals surface area contributed by atoms with Crippen LogP contribution in [-0.4, -0.2) is 44.1 Å². The molecule has 0 saturated carbocycles. The number of aromatic hydroxyl groups is 1. The number of nitrogens with one attached hydrogen (secondary N) is 1. The zero-order valence-electron chi connectivity index (χ0n) is 15.5. The van der Waals surface area contributed by atoms with Crippen LogP contribution in [0.1, 0.15) is 38.3 Å². The summed E-state index contributed by atoms with van der Waals surface area (Å²) in [4.78, 5) is 36.5. The van der Waals surface area contributed by atoms with Gasteiger partial charge in [-0.2, -0.15) is 0 Å². The molecule has 0 aliphatic heterocycles. The highest BCUT2D eigenvalue weighted by molar-refractivity contribution is 6.31. The average molecular weight is 408 g/mol. The first-order valence-corrected chi connectivity index (χ1v) is 8.98. The van der Waals surface area contributed by atoms with Crippen molar-refractivity contribution in [2.75, 3.05) is 11.9 Å². The summed E-state index contributed by atoms with van der Waals surface area (Å²) in [5, 5.41) is 44.3. The number of aliphatic hydroxyl groups excluding tert-OH is 1. The van der Waals surface area contributed by atoms with Crippen LogP contribution in [0.3, 0.4) is 0 Å². The molecule has 2 aromatic carbocycles. The maximum Gasteiger partial charge on any atom is 0.275 e. The third-order valence-corrected chi connectivity index (χ3v) is 5.13. The minimum atomic E-state index is -1.93. The fraction of sp³-hybridized carbons (Fsp3) is 0.143. The number of nitro groups is 1. The van der Waals surface area contributed by atoms with E-state index in [0.717, 1.165) is 6.08 Å². The van der Waals surface area contributed by atoms with E-state index in [-0.39, 0.29) is 45.7 Å². The van der Waals surface area contributed by atoms with Gasteiger partial charge in [-0.15, -0.1) is 0 Å². The second kappa shape index (κ2) is 6.90. The number of fused-ring (bicyclic) bond motifs is 2. The summed E-state index contributed by atoms with van der Waals surface area (Å²) in [5.41, 5.74) is -2.26. The lowest BCUT2D eigenvalue weighted by Crippen LogP contribution is -2.39. The predicted octanol–water partition coefficient (Wildman–Crippen LogP) is 1.75. The maximum absolute atomic E-state index is 13.1. The Morgan fingerprint density at radius 2 is 1.73 bits per heavy atom.